The topological polar surface area (TPSA) is 77.0 Å². The molecule has 2 bridgehead atoms. The van der Waals surface area contributed by atoms with Crippen molar-refractivity contribution in [3.8, 4) is 0 Å². The number of benzodiazepines with no additional fused rings is 1. The van der Waals surface area contributed by atoms with Crippen molar-refractivity contribution in [2.75, 3.05) is 36.4 Å². The van der Waals surface area contributed by atoms with E-state index in [-0.39, 0.29) is 19.0 Å². The van der Waals surface area contributed by atoms with Crippen LogP contribution in [0.5, 0.6) is 0 Å². The van der Waals surface area contributed by atoms with Crippen molar-refractivity contribution < 1.29 is 14.0 Å². The highest BCUT2D eigenvalue weighted by Crippen LogP contribution is 2.35. The van der Waals surface area contributed by atoms with Gasteiger partial charge in [0, 0.05) is 35.6 Å². The van der Waals surface area contributed by atoms with Crippen LogP contribution in [0, 0.1) is 31.5 Å². The van der Waals surface area contributed by atoms with E-state index in [0.29, 0.717) is 28.8 Å². The maximum atomic E-state index is 15.2. The number of rotatable bonds is 5. The average Bonchev–Trinajstić information content (AvgIpc) is 3.36. The summed E-state index contributed by atoms with van der Waals surface area (Å²) >= 11 is 0. The van der Waals surface area contributed by atoms with Crippen molar-refractivity contribution in [2.45, 2.75) is 45.7 Å². The molecule has 1 saturated carbocycles. The summed E-state index contributed by atoms with van der Waals surface area (Å²) in [5.41, 5.74) is 5.05. The summed E-state index contributed by atoms with van der Waals surface area (Å²) in [5, 5.41) is 5.88. The minimum absolute atomic E-state index is 0.0836. The summed E-state index contributed by atoms with van der Waals surface area (Å²) < 4.78 is 15.2. The van der Waals surface area contributed by atoms with Gasteiger partial charge in [-0.25, -0.2) is 9.18 Å². The van der Waals surface area contributed by atoms with E-state index < -0.39 is 18.0 Å². The number of hydrogen-bond donors (Lipinski definition) is 2. The molecule has 3 heterocycles. The number of urea groups is 1. The Labute approximate surface area is 246 Å². The molecule has 3 aromatic carbocycles. The number of carbonyl (C=O) groups excluding carboxylic acids is 2. The third-order valence-corrected chi connectivity index (χ3v) is 8.79. The Morgan fingerprint density at radius 2 is 1.57 bits per heavy atom. The number of anilines is 2. The van der Waals surface area contributed by atoms with Gasteiger partial charge in [-0.2, -0.15) is 0 Å². The van der Waals surface area contributed by atoms with Gasteiger partial charge >= 0.3 is 6.03 Å². The Kier molecular flexibility index (Phi) is 7.96. The Hall–Kier alpha value is -4.20. The van der Waals surface area contributed by atoms with Crippen LogP contribution in [0.4, 0.5) is 20.6 Å². The van der Waals surface area contributed by atoms with Crippen molar-refractivity contribution in [1.29, 1.82) is 0 Å². The minimum atomic E-state index is -0.732. The zero-order valence-corrected chi connectivity index (χ0v) is 24.3. The number of hydrogen-bond acceptors (Lipinski definition) is 4. The summed E-state index contributed by atoms with van der Waals surface area (Å²) in [5.74, 6) is 0.833. The number of amides is 3. The third-order valence-electron chi connectivity index (χ3n) is 8.79. The molecule has 0 spiro atoms. The molecule has 8 heteroatoms. The second-order valence-corrected chi connectivity index (χ2v) is 12.0. The molecule has 42 heavy (non-hydrogen) atoms. The molecule has 3 aromatic rings. The molecule has 7 rings (SSSR count). The number of aliphatic imine (C=N–C) groups is 1. The quantitative estimate of drug-likeness (QED) is 0.403. The maximum absolute atomic E-state index is 15.2. The van der Waals surface area contributed by atoms with Crippen LogP contribution in [-0.4, -0.2) is 54.9 Å². The van der Waals surface area contributed by atoms with E-state index in [4.69, 9.17) is 4.99 Å². The lowest BCUT2D eigenvalue weighted by Gasteiger charge is -2.31. The molecule has 3 aliphatic heterocycles. The van der Waals surface area contributed by atoms with Gasteiger partial charge < -0.3 is 20.4 Å². The molecule has 2 saturated heterocycles. The van der Waals surface area contributed by atoms with E-state index >= 15 is 4.39 Å². The molecule has 1 aliphatic carbocycles. The molecule has 3 amide bonds. The molecule has 7 nitrogen and oxygen atoms in total. The van der Waals surface area contributed by atoms with Crippen LogP contribution < -0.4 is 15.5 Å². The van der Waals surface area contributed by atoms with Gasteiger partial charge in [0.1, 0.15) is 12.0 Å². The lowest BCUT2D eigenvalue weighted by atomic mass is 9.84. The predicted octanol–water partition coefficient (Wildman–Crippen LogP) is 5.90. The summed E-state index contributed by atoms with van der Waals surface area (Å²) in [6.07, 6.45) is 4.05. The van der Waals surface area contributed by atoms with Gasteiger partial charge in [0.05, 0.1) is 18.8 Å². The Bertz CT molecular complexity index is 1500. The Morgan fingerprint density at radius 3 is 2.29 bits per heavy atom. The second-order valence-electron chi connectivity index (χ2n) is 12.0. The van der Waals surface area contributed by atoms with E-state index in [9.17, 15) is 9.59 Å². The normalized spacial score (nSPS) is 21.6. The number of carbonyl (C=O) groups is 2. The van der Waals surface area contributed by atoms with Gasteiger partial charge in [-0.1, -0.05) is 42.5 Å². The molecular formula is C34H38FN5O2. The SMILES string of the molecule is Cc1cccc(NC(=O)NC2CN(CC(=O)N3CC4CCC(CC4)C3)c3c(C)cccc3C(c3ccccc3F)=N2)c1. The first kappa shape index (κ1) is 27.9. The van der Waals surface area contributed by atoms with Gasteiger partial charge in [0.25, 0.3) is 0 Å². The number of nitrogens with one attached hydrogen (secondary N) is 2. The van der Waals surface area contributed by atoms with Gasteiger partial charge in [-0.3, -0.25) is 9.79 Å². The van der Waals surface area contributed by atoms with Crippen molar-refractivity contribution in [3.63, 3.8) is 0 Å². The van der Waals surface area contributed by atoms with E-state index in [0.717, 1.165) is 35.5 Å². The van der Waals surface area contributed by atoms with Crippen molar-refractivity contribution in [2.24, 2.45) is 16.8 Å². The molecule has 0 radical (unpaired) electrons. The standard InChI is InChI=1S/C34H38FN5O2/c1-22-7-5-9-26(17-22)36-34(42)38-30-20-40(21-31(41)39-18-24-13-14-25(19-39)16-15-24)33-23(2)8-6-11-28(33)32(37-30)27-10-3-4-12-29(27)35/h3-12,17,24-25,30H,13-16,18-21H2,1-2H3,(H2,36,38,42). The highest BCUT2D eigenvalue weighted by atomic mass is 19.1. The summed E-state index contributed by atoms with van der Waals surface area (Å²) in [6, 6.07) is 19.5. The van der Waals surface area contributed by atoms with Crippen LogP contribution in [0.25, 0.3) is 0 Å². The van der Waals surface area contributed by atoms with Crippen LogP contribution in [-0.2, 0) is 4.79 Å². The molecule has 218 valence electrons. The Morgan fingerprint density at radius 1 is 0.881 bits per heavy atom. The fraction of sp³-hybridized carbons (Fsp3) is 0.382. The summed E-state index contributed by atoms with van der Waals surface area (Å²) in [7, 11) is 0. The fourth-order valence-corrected chi connectivity index (χ4v) is 6.73. The lowest BCUT2D eigenvalue weighted by Crippen LogP contribution is -2.48. The van der Waals surface area contributed by atoms with E-state index in [1.165, 1.54) is 31.7 Å². The zero-order chi connectivity index (χ0) is 29.2. The minimum Gasteiger partial charge on any atom is -0.357 e. The molecule has 2 N–H and O–H groups in total. The molecule has 0 aromatic heterocycles. The first-order valence-corrected chi connectivity index (χ1v) is 14.9. The van der Waals surface area contributed by atoms with E-state index in [1.54, 1.807) is 18.2 Å². The van der Waals surface area contributed by atoms with E-state index in [1.807, 2.05) is 66.1 Å². The number of benzene rings is 3. The van der Waals surface area contributed by atoms with Crippen molar-refractivity contribution in [3.05, 3.63) is 94.8 Å². The number of aryl methyl sites for hydroxylation is 2. The van der Waals surface area contributed by atoms with Crippen LogP contribution in [0.15, 0.2) is 71.7 Å². The molecule has 1 atom stereocenters. The van der Waals surface area contributed by atoms with Crippen LogP contribution >= 0.6 is 0 Å². The highest BCUT2D eigenvalue weighted by molar-refractivity contribution is 6.17. The molecule has 1 unspecified atom stereocenters. The van der Waals surface area contributed by atoms with Crippen molar-refractivity contribution in [1.82, 2.24) is 10.2 Å². The first-order valence-electron chi connectivity index (χ1n) is 14.9. The summed E-state index contributed by atoms with van der Waals surface area (Å²) in [6.45, 7) is 6.00. The number of nitrogens with zero attached hydrogens (tertiary/aromatic N) is 3. The van der Waals surface area contributed by atoms with Gasteiger partial charge in [0.15, 0.2) is 0 Å². The van der Waals surface area contributed by atoms with Crippen molar-refractivity contribution >= 4 is 29.0 Å². The van der Waals surface area contributed by atoms with Crippen LogP contribution in [0.1, 0.15) is 47.9 Å². The van der Waals surface area contributed by atoms with Crippen LogP contribution in [0.3, 0.4) is 0 Å². The highest BCUT2D eigenvalue weighted by Gasteiger charge is 2.34. The predicted molar refractivity (Wildman–Crippen MR) is 165 cm³/mol. The maximum Gasteiger partial charge on any atom is 0.320 e. The number of halogens is 1. The molecular weight excluding hydrogens is 529 g/mol. The number of fused-ring (bicyclic) bond motifs is 5. The van der Waals surface area contributed by atoms with Gasteiger partial charge in [-0.05, 0) is 86.8 Å². The monoisotopic (exact) mass is 567 g/mol. The van der Waals surface area contributed by atoms with Crippen LogP contribution in [0.2, 0.25) is 0 Å². The Balaban J connectivity index is 1.34. The van der Waals surface area contributed by atoms with Gasteiger partial charge in [0.2, 0.25) is 5.91 Å². The molecule has 4 aliphatic rings. The third kappa shape index (κ3) is 6.03. The van der Waals surface area contributed by atoms with Gasteiger partial charge in [-0.15, -0.1) is 0 Å². The first-order chi connectivity index (χ1) is 20.3. The second kappa shape index (κ2) is 12.0. The number of para-hydroxylation sites is 1. The lowest BCUT2D eigenvalue weighted by molar-refractivity contribution is -0.130. The summed E-state index contributed by atoms with van der Waals surface area (Å²) in [4.78, 5) is 36.1. The largest absolute Gasteiger partial charge is 0.357 e. The molecule has 3 fully saturated rings. The smallest absolute Gasteiger partial charge is 0.320 e. The average molecular weight is 568 g/mol. The fourth-order valence-electron chi connectivity index (χ4n) is 6.73. The van der Waals surface area contributed by atoms with E-state index in [2.05, 4.69) is 10.6 Å². The zero-order valence-electron chi connectivity index (χ0n) is 24.3.